The molecule has 0 N–H and O–H groups in total. The smallest absolute Gasteiger partial charge is 0.303 e. The van der Waals surface area contributed by atoms with E-state index in [-0.39, 0.29) is 13.2 Å². The second kappa shape index (κ2) is 19.0. The molecule has 0 fully saturated rings. The summed E-state index contributed by atoms with van der Waals surface area (Å²) in [7, 11) is 0. The summed E-state index contributed by atoms with van der Waals surface area (Å²) in [5.41, 5.74) is 2.45. The van der Waals surface area contributed by atoms with Crippen LogP contribution in [-0.2, 0) is 49.3 Å². The number of carbonyl (C=O) groups excluding carboxylic acids is 3. The van der Waals surface area contributed by atoms with Gasteiger partial charge in [-0.05, 0) is 33.4 Å². The fraction of sp³-hybridized carbons (Fsp3) is 0.204. The molecule has 0 heterocycles. The number of carbonyl (C=O) groups is 3. The highest BCUT2D eigenvalue weighted by molar-refractivity contribution is 5.68. The maximum atomic E-state index is 13.0. The third-order valence-electron chi connectivity index (χ3n) is 9.68. The number of esters is 3. The monoisotopic (exact) mass is 762 g/mol. The zero-order valence-electron chi connectivity index (χ0n) is 32.2. The predicted octanol–water partition coefficient (Wildman–Crippen LogP) is 8.80. The molecule has 0 aliphatic rings. The Balaban J connectivity index is 1.46. The molecule has 0 aliphatic carbocycles. The second-order valence-electron chi connectivity index (χ2n) is 13.6. The molecule has 0 spiro atoms. The summed E-state index contributed by atoms with van der Waals surface area (Å²) >= 11 is 0. The third-order valence-corrected chi connectivity index (χ3v) is 9.68. The van der Waals surface area contributed by atoms with Crippen LogP contribution in [0.1, 0.15) is 54.2 Å². The molecule has 0 bridgehead atoms. The Kier molecular flexibility index (Phi) is 13.4. The normalized spacial score (nSPS) is 13.1. The number of hydrogen-bond acceptors (Lipinski definition) is 8. The van der Waals surface area contributed by atoms with Crippen molar-refractivity contribution in [1.29, 1.82) is 0 Å². The van der Waals surface area contributed by atoms with E-state index in [0.29, 0.717) is 0 Å². The van der Waals surface area contributed by atoms with Gasteiger partial charge in [0.2, 0.25) is 0 Å². The van der Waals surface area contributed by atoms with Gasteiger partial charge >= 0.3 is 17.9 Å². The van der Waals surface area contributed by atoms with Crippen LogP contribution >= 0.6 is 0 Å². The molecule has 8 nitrogen and oxygen atoms in total. The second-order valence-corrected chi connectivity index (χ2v) is 13.6. The van der Waals surface area contributed by atoms with Crippen LogP contribution in [-0.4, -0.2) is 49.4 Å². The fourth-order valence-electron chi connectivity index (χ4n) is 7.35. The maximum absolute atomic E-state index is 13.0. The lowest BCUT2D eigenvalue weighted by Crippen LogP contribution is -2.51. The van der Waals surface area contributed by atoms with Gasteiger partial charge in [-0.1, -0.05) is 182 Å². The molecule has 57 heavy (non-hydrogen) atoms. The molecule has 6 aromatic rings. The van der Waals surface area contributed by atoms with E-state index in [4.69, 9.17) is 23.7 Å². The van der Waals surface area contributed by atoms with Crippen molar-refractivity contribution in [2.45, 2.75) is 50.3 Å². The first-order valence-corrected chi connectivity index (χ1v) is 18.9. The molecule has 0 saturated heterocycles. The Morgan fingerprint density at radius 2 is 0.579 bits per heavy atom. The molecule has 1 unspecified atom stereocenters. The number of benzene rings is 6. The van der Waals surface area contributed by atoms with Gasteiger partial charge in [0.1, 0.15) is 11.2 Å². The van der Waals surface area contributed by atoms with Gasteiger partial charge < -0.3 is 23.7 Å². The van der Waals surface area contributed by atoms with Crippen LogP contribution in [0.3, 0.4) is 0 Å². The van der Waals surface area contributed by atoms with Crippen LogP contribution in [0.25, 0.3) is 0 Å². The van der Waals surface area contributed by atoms with Crippen molar-refractivity contribution >= 4 is 17.9 Å². The molecular formula is C49H46O8. The molecule has 0 aromatic heterocycles. The Hall–Kier alpha value is -6.35. The standard InChI is InChI=1S/C49H46O8/c1-36(50)55-45(34-53-48(39-22-10-4-11-23-39,40-24-12-5-13-25-40)41-26-14-6-15-27-41)47(57-38(3)52)46(56-37(2)51)35-54-49(42-28-16-7-17-29-42,43-30-18-8-19-31-43)44-32-20-9-21-33-44/h4-33,45-47H,34-35H2,1-3H3/t45-,46+,47?. The van der Waals surface area contributed by atoms with E-state index in [1.54, 1.807) is 0 Å². The van der Waals surface area contributed by atoms with Gasteiger partial charge in [0, 0.05) is 20.8 Å². The quantitative estimate of drug-likeness (QED) is 0.0517. The predicted molar refractivity (Wildman–Crippen MR) is 217 cm³/mol. The van der Waals surface area contributed by atoms with Gasteiger partial charge in [-0.25, -0.2) is 0 Å². The summed E-state index contributed by atoms with van der Waals surface area (Å²) in [6, 6.07) is 58.3. The SMILES string of the molecule is CC(=O)OC([C@H](COC(c1ccccc1)(c1ccccc1)c1ccccc1)OC(C)=O)[C@@H](COC(c1ccccc1)(c1ccccc1)c1ccccc1)OC(C)=O. The first-order valence-electron chi connectivity index (χ1n) is 18.9. The Labute approximate surface area is 334 Å². The van der Waals surface area contributed by atoms with Crippen molar-refractivity contribution in [3.63, 3.8) is 0 Å². The summed E-state index contributed by atoms with van der Waals surface area (Å²) in [6.07, 6.45) is -3.90. The Morgan fingerprint density at radius 1 is 0.368 bits per heavy atom. The van der Waals surface area contributed by atoms with Gasteiger partial charge in [-0.3, -0.25) is 14.4 Å². The van der Waals surface area contributed by atoms with Crippen LogP contribution < -0.4 is 0 Å². The lowest BCUT2D eigenvalue weighted by molar-refractivity contribution is -0.198. The lowest BCUT2D eigenvalue weighted by atomic mass is 9.80. The Bertz CT molecular complexity index is 1820. The summed E-state index contributed by atoms with van der Waals surface area (Å²) in [4.78, 5) is 38.9. The minimum absolute atomic E-state index is 0.283. The molecule has 6 aromatic carbocycles. The summed E-state index contributed by atoms with van der Waals surface area (Å²) in [5.74, 6) is -1.99. The van der Waals surface area contributed by atoms with E-state index in [9.17, 15) is 14.4 Å². The van der Waals surface area contributed by atoms with E-state index in [0.717, 1.165) is 33.4 Å². The summed E-state index contributed by atoms with van der Waals surface area (Å²) in [6.45, 7) is 3.21. The van der Waals surface area contributed by atoms with Crippen molar-refractivity contribution in [3.05, 3.63) is 215 Å². The minimum Gasteiger partial charge on any atom is -0.456 e. The number of hydrogen-bond donors (Lipinski definition) is 0. The van der Waals surface area contributed by atoms with Crippen LogP contribution in [0.4, 0.5) is 0 Å². The van der Waals surface area contributed by atoms with E-state index in [1.807, 2.05) is 182 Å². The average Bonchev–Trinajstić information content (AvgIpc) is 3.24. The molecular weight excluding hydrogens is 717 g/mol. The summed E-state index contributed by atoms with van der Waals surface area (Å²) in [5, 5.41) is 0. The topological polar surface area (TPSA) is 97.4 Å². The average molecular weight is 763 g/mol. The van der Waals surface area contributed by atoms with Crippen molar-refractivity contribution < 1.29 is 38.1 Å². The van der Waals surface area contributed by atoms with E-state index in [1.165, 1.54) is 20.8 Å². The van der Waals surface area contributed by atoms with Gasteiger partial charge in [0.15, 0.2) is 18.3 Å². The van der Waals surface area contributed by atoms with Crippen LogP contribution in [0.15, 0.2) is 182 Å². The van der Waals surface area contributed by atoms with Crippen LogP contribution in [0, 0.1) is 0 Å². The minimum atomic E-state index is -1.37. The van der Waals surface area contributed by atoms with E-state index in [2.05, 4.69) is 0 Å². The largest absolute Gasteiger partial charge is 0.456 e. The third kappa shape index (κ3) is 9.38. The molecule has 0 saturated carbocycles. The van der Waals surface area contributed by atoms with E-state index >= 15 is 0 Å². The maximum Gasteiger partial charge on any atom is 0.303 e. The zero-order chi connectivity index (χ0) is 40.1. The highest BCUT2D eigenvalue weighted by Gasteiger charge is 2.45. The molecule has 0 aliphatic heterocycles. The molecule has 6 rings (SSSR count). The first-order chi connectivity index (χ1) is 27.7. The number of rotatable bonds is 17. The number of ether oxygens (including phenoxy) is 5. The van der Waals surface area contributed by atoms with Crippen molar-refractivity contribution in [3.8, 4) is 0 Å². The highest BCUT2D eigenvalue weighted by Crippen LogP contribution is 2.42. The molecule has 8 heteroatoms. The fourth-order valence-corrected chi connectivity index (χ4v) is 7.35. The van der Waals surface area contributed by atoms with Crippen molar-refractivity contribution in [2.24, 2.45) is 0 Å². The van der Waals surface area contributed by atoms with Gasteiger partial charge in [-0.2, -0.15) is 0 Å². The van der Waals surface area contributed by atoms with Gasteiger partial charge in [0.25, 0.3) is 0 Å². The highest BCUT2D eigenvalue weighted by atomic mass is 16.6. The summed E-state index contributed by atoms with van der Waals surface area (Å²) < 4.78 is 32.1. The van der Waals surface area contributed by atoms with Gasteiger partial charge in [-0.15, -0.1) is 0 Å². The van der Waals surface area contributed by atoms with Crippen molar-refractivity contribution in [1.82, 2.24) is 0 Å². The van der Waals surface area contributed by atoms with Crippen molar-refractivity contribution in [2.75, 3.05) is 13.2 Å². The lowest BCUT2D eigenvalue weighted by Gasteiger charge is -2.40. The molecule has 0 amide bonds. The van der Waals surface area contributed by atoms with E-state index < -0.39 is 47.4 Å². The molecule has 290 valence electrons. The first kappa shape index (κ1) is 40.3. The van der Waals surface area contributed by atoms with Crippen LogP contribution in [0.2, 0.25) is 0 Å². The molecule has 0 radical (unpaired) electrons. The Morgan fingerprint density at radius 3 is 0.772 bits per heavy atom. The van der Waals surface area contributed by atoms with Gasteiger partial charge in [0.05, 0.1) is 13.2 Å². The molecule has 3 atom stereocenters. The van der Waals surface area contributed by atoms with Crippen LogP contribution in [0.5, 0.6) is 0 Å². The zero-order valence-corrected chi connectivity index (χ0v) is 32.2.